The van der Waals surface area contributed by atoms with Crippen LogP contribution in [0, 0.1) is 0 Å². The lowest BCUT2D eigenvalue weighted by Crippen LogP contribution is -2.18. The molecule has 0 atom stereocenters. The second-order valence-corrected chi connectivity index (χ2v) is 6.57. The first kappa shape index (κ1) is 13.6. The summed E-state index contributed by atoms with van der Waals surface area (Å²) in [6.45, 7) is 1.61. The van der Waals surface area contributed by atoms with Crippen molar-refractivity contribution < 1.29 is 0 Å². The molecule has 0 aliphatic rings. The monoisotopic (exact) mass is 324 g/mol. The highest BCUT2D eigenvalue weighted by atomic mass is 79.9. The smallest absolute Gasteiger partial charge is 0.0701 e. The van der Waals surface area contributed by atoms with Crippen LogP contribution in [0.1, 0.15) is 11.1 Å². The summed E-state index contributed by atoms with van der Waals surface area (Å²) in [6.07, 6.45) is 0.924. The van der Waals surface area contributed by atoms with Gasteiger partial charge in [0.2, 0.25) is 0 Å². The lowest BCUT2D eigenvalue weighted by atomic mass is 10.1. The maximum absolute atomic E-state index is 5.66. The maximum atomic E-state index is 5.66. The molecule has 0 aliphatic heterocycles. The Morgan fingerprint density at radius 1 is 1.33 bits per heavy atom. The molecule has 96 valence electrons. The summed E-state index contributed by atoms with van der Waals surface area (Å²) in [5, 5.41) is 2.19. The number of hydrogen-bond acceptors (Lipinski definition) is 3. The van der Waals surface area contributed by atoms with Crippen molar-refractivity contribution in [1.82, 2.24) is 0 Å². The average Bonchev–Trinajstić information content (AvgIpc) is 2.76. The normalized spacial score (nSPS) is 10.6. The van der Waals surface area contributed by atoms with Gasteiger partial charge in [0.1, 0.15) is 0 Å². The highest BCUT2D eigenvalue weighted by molar-refractivity contribution is 9.11. The van der Waals surface area contributed by atoms with Crippen molar-refractivity contribution in [1.29, 1.82) is 0 Å². The van der Waals surface area contributed by atoms with E-state index in [0.717, 1.165) is 13.0 Å². The summed E-state index contributed by atoms with van der Waals surface area (Å²) in [4.78, 5) is 2.28. The summed E-state index contributed by atoms with van der Waals surface area (Å²) in [7, 11) is 2.13. The Kier molecular flexibility index (Phi) is 4.80. The molecule has 18 heavy (non-hydrogen) atoms. The molecule has 4 heteroatoms. The van der Waals surface area contributed by atoms with Crippen LogP contribution in [0.25, 0.3) is 0 Å². The second-order valence-electron chi connectivity index (χ2n) is 4.28. The Morgan fingerprint density at radius 3 is 2.78 bits per heavy atom. The predicted octanol–water partition coefficient (Wildman–Crippen LogP) is 3.65. The molecule has 0 saturated heterocycles. The van der Waals surface area contributed by atoms with Gasteiger partial charge in [0, 0.05) is 19.3 Å². The van der Waals surface area contributed by atoms with Gasteiger partial charge in [0.15, 0.2) is 0 Å². The van der Waals surface area contributed by atoms with Crippen LogP contribution >= 0.6 is 27.3 Å². The van der Waals surface area contributed by atoms with Gasteiger partial charge in [0.05, 0.1) is 3.79 Å². The Bertz CT molecular complexity index is 510. The van der Waals surface area contributed by atoms with E-state index >= 15 is 0 Å². The molecular formula is C14H17BrN2S. The van der Waals surface area contributed by atoms with E-state index in [1.807, 2.05) is 0 Å². The molecule has 0 spiro atoms. The van der Waals surface area contributed by atoms with E-state index in [0.29, 0.717) is 6.54 Å². The largest absolute Gasteiger partial charge is 0.370 e. The zero-order valence-electron chi connectivity index (χ0n) is 10.4. The van der Waals surface area contributed by atoms with Gasteiger partial charge in [-0.25, -0.2) is 0 Å². The molecule has 2 aromatic rings. The first-order valence-electron chi connectivity index (χ1n) is 5.92. The number of nitrogens with zero attached hydrogens (tertiary/aromatic N) is 1. The zero-order valence-corrected chi connectivity index (χ0v) is 12.8. The van der Waals surface area contributed by atoms with Crippen molar-refractivity contribution >= 4 is 33.0 Å². The number of para-hydroxylation sites is 1. The minimum absolute atomic E-state index is 0.689. The molecule has 0 aliphatic carbocycles. The fourth-order valence-electron chi connectivity index (χ4n) is 2.04. The summed E-state index contributed by atoms with van der Waals surface area (Å²) in [5.74, 6) is 0. The molecule has 2 rings (SSSR count). The minimum Gasteiger partial charge on any atom is -0.370 e. The van der Waals surface area contributed by atoms with Gasteiger partial charge in [0.25, 0.3) is 0 Å². The first-order valence-corrected chi connectivity index (χ1v) is 7.60. The van der Waals surface area contributed by atoms with Crippen molar-refractivity contribution in [3.8, 4) is 0 Å². The topological polar surface area (TPSA) is 29.3 Å². The van der Waals surface area contributed by atoms with Gasteiger partial charge in [-0.2, -0.15) is 0 Å². The molecule has 0 bridgehead atoms. The van der Waals surface area contributed by atoms with E-state index < -0.39 is 0 Å². The number of anilines is 1. The zero-order chi connectivity index (χ0) is 13.0. The molecule has 2 N–H and O–H groups in total. The third kappa shape index (κ3) is 3.34. The van der Waals surface area contributed by atoms with Crippen LogP contribution in [0.5, 0.6) is 0 Å². The van der Waals surface area contributed by atoms with Crippen LogP contribution in [-0.2, 0) is 13.0 Å². The maximum Gasteiger partial charge on any atom is 0.0701 e. The van der Waals surface area contributed by atoms with Crippen LogP contribution in [0.4, 0.5) is 5.69 Å². The lowest BCUT2D eigenvalue weighted by molar-refractivity contribution is 0.895. The molecule has 1 heterocycles. The van der Waals surface area contributed by atoms with Gasteiger partial charge < -0.3 is 10.6 Å². The fourth-order valence-corrected chi connectivity index (χ4v) is 3.24. The minimum atomic E-state index is 0.689. The van der Waals surface area contributed by atoms with E-state index in [-0.39, 0.29) is 0 Å². The Morgan fingerprint density at radius 2 is 2.11 bits per heavy atom. The van der Waals surface area contributed by atoms with Crippen molar-refractivity contribution in [2.45, 2.75) is 13.0 Å². The van der Waals surface area contributed by atoms with E-state index in [2.05, 4.69) is 63.6 Å². The Hall–Kier alpha value is -0.840. The quantitative estimate of drug-likeness (QED) is 0.909. The SMILES string of the molecule is CN(Cc1csc(Br)c1)c1ccccc1CCN. The van der Waals surface area contributed by atoms with E-state index in [1.165, 1.54) is 20.6 Å². The van der Waals surface area contributed by atoms with Crippen molar-refractivity contribution in [2.24, 2.45) is 5.73 Å². The number of hydrogen-bond donors (Lipinski definition) is 1. The van der Waals surface area contributed by atoms with Gasteiger partial charge in [-0.05, 0) is 57.5 Å². The summed E-state index contributed by atoms with van der Waals surface area (Å²) in [5.41, 5.74) is 9.58. The van der Waals surface area contributed by atoms with E-state index in [1.54, 1.807) is 11.3 Å². The number of thiophene rings is 1. The number of halogens is 1. The van der Waals surface area contributed by atoms with Crippen molar-refractivity contribution in [3.05, 3.63) is 50.6 Å². The Balaban J connectivity index is 2.15. The second kappa shape index (κ2) is 6.36. The van der Waals surface area contributed by atoms with Crippen molar-refractivity contribution in [2.75, 3.05) is 18.5 Å². The van der Waals surface area contributed by atoms with Gasteiger partial charge in [-0.15, -0.1) is 11.3 Å². The standard InChI is InChI=1S/C14H17BrN2S/c1-17(9-11-8-14(15)18-10-11)13-5-3-2-4-12(13)6-7-16/h2-5,8,10H,6-7,9,16H2,1H3. The molecular weight excluding hydrogens is 308 g/mol. The number of nitrogens with two attached hydrogens (primary N) is 1. The third-order valence-corrected chi connectivity index (χ3v) is 4.41. The van der Waals surface area contributed by atoms with Gasteiger partial charge in [-0.1, -0.05) is 18.2 Å². The highest BCUT2D eigenvalue weighted by Gasteiger charge is 2.07. The first-order chi connectivity index (χ1) is 8.70. The van der Waals surface area contributed by atoms with E-state index in [4.69, 9.17) is 5.73 Å². The van der Waals surface area contributed by atoms with Crippen LogP contribution in [0.15, 0.2) is 39.5 Å². The van der Waals surface area contributed by atoms with Gasteiger partial charge in [-0.3, -0.25) is 0 Å². The molecule has 0 fully saturated rings. The predicted molar refractivity (Wildman–Crippen MR) is 83.3 cm³/mol. The highest BCUT2D eigenvalue weighted by Crippen LogP contribution is 2.25. The number of rotatable bonds is 5. The average molecular weight is 325 g/mol. The Labute approximate surface area is 121 Å². The van der Waals surface area contributed by atoms with Crippen LogP contribution in [-0.4, -0.2) is 13.6 Å². The molecule has 0 saturated carbocycles. The molecule has 1 aromatic carbocycles. The molecule has 2 nitrogen and oxygen atoms in total. The lowest BCUT2D eigenvalue weighted by Gasteiger charge is -2.22. The molecule has 0 radical (unpaired) electrons. The molecule has 0 amide bonds. The summed E-state index contributed by atoms with van der Waals surface area (Å²) >= 11 is 5.23. The summed E-state index contributed by atoms with van der Waals surface area (Å²) < 4.78 is 1.18. The van der Waals surface area contributed by atoms with Crippen LogP contribution in [0.3, 0.4) is 0 Å². The van der Waals surface area contributed by atoms with E-state index in [9.17, 15) is 0 Å². The molecule has 1 aromatic heterocycles. The molecule has 0 unspecified atom stereocenters. The number of benzene rings is 1. The van der Waals surface area contributed by atoms with Gasteiger partial charge >= 0.3 is 0 Å². The van der Waals surface area contributed by atoms with Crippen LogP contribution < -0.4 is 10.6 Å². The van der Waals surface area contributed by atoms with Crippen molar-refractivity contribution in [3.63, 3.8) is 0 Å². The summed E-state index contributed by atoms with van der Waals surface area (Å²) in [6, 6.07) is 10.6. The van der Waals surface area contributed by atoms with Crippen LogP contribution in [0.2, 0.25) is 0 Å². The fraction of sp³-hybridized carbons (Fsp3) is 0.286. The third-order valence-electron chi connectivity index (χ3n) is 2.86.